The number of halogens is 1. The lowest BCUT2D eigenvalue weighted by Gasteiger charge is -2.12. The summed E-state index contributed by atoms with van der Waals surface area (Å²) in [4.78, 5) is 14.4. The van der Waals surface area contributed by atoms with Crippen LogP contribution in [-0.4, -0.2) is 15.0 Å². The highest BCUT2D eigenvalue weighted by Crippen LogP contribution is 2.33. The van der Waals surface area contributed by atoms with Gasteiger partial charge in [0.2, 0.25) is 0 Å². The molecular weight excluding hydrogens is 402 g/mol. The smallest absolute Gasteiger partial charge is 0.165 e. The van der Waals surface area contributed by atoms with Gasteiger partial charge in [0.25, 0.3) is 0 Å². The van der Waals surface area contributed by atoms with E-state index in [1.165, 1.54) is 0 Å². The standard InChI is InChI=1S/C27H18ClN3/c28-24-18-10-9-17-23(24)27-30-25(20-13-5-2-6-14-20)29-26(31-27)22-16-8-7-15-21(22)19-11-3-1-4-12-19/h1-18H. The van der Waals surface area contributed by atoms with E-state index in [1.54, 1.807) is 0 Å². The molecule has 1 aromatic heterocycles. The summed E-state index contributed by atoms with van der Waals surface area (Å²) >= 11 is 6.48. The van der Waals surface area contributed by atoms with Crippen LogP contribution >= 0.6 is 11.6 Å². The molecule has 148 valence electrons. The zero-order chi connectivity index (χ0) is 21.0. The Labute approximate surface area is 186 Å². The molecule has 0 radical (unpaired) electrons. The summed E-state index contributed by atoms with van der Waals surface area (Å²) in [6.07, 6.45) is 0. The van der Waals surface area contributed by atoms with Crippen molar-refractivity contribution in [1.82, 2.24) is 15.0 Å². The molecular formula is C27H18ClN3. The fraction of sp³-hybridized carbons (Fsp3) is 0. The molecule has 0 atom stereocenters. The van der Waals surface area contributed by atoms with Crippen LogP contribution in [0.15, 0.2) is 109 Å². The molecule has 0 saturated carbocycles. The Morgan fingerprint density at radius 3 is 1.48 bits per heavy atom. The molecule has 0 saturated heterocycles. The van der Waals surface area contributed by atoms with Gasteiger partial charge in [0.05, 0.1) is 5.02 Å². The average molecular weight is 420 g/mol. The molecule has 4 aromatic carbocycles. The molecule has 31 heavy (non-hydrogen) atoms. The van der Waals surface area contributed by atoms with Gasteiger partial charge in [0.1, 0.15) is 0 Å². The zero-order valence-electron chi connectivity index (χ0n) is 16.6. The maximum Gasteiger partial charge on any atom is 0.165 e. The van der Waals surface area contributed by atoms with Crippen molar-refractivity contribution in [2.45, 2.75) is 0 Å². The van der Waals surface area contributed by atoms with E-state index in [0.717, 1.165) is 27.8 Å². The molecule has 0 unspecified atom stereocenters. The Hall–Kier alpha value is -3.82. The SMILES string of the molecule is Clc1ccccc1-c1nc(-c2ccccc2)nc(-c2ccccc2-c2ccccc2)n1. The van der Waals surface area contributed by atoms with Gasteiger partial charge in [-0.15, -0.1) is 0 Å². The number of benzene rings is 4. The van der Waals surface area contributed by atoms with Crippen LogP contribution in [0.1, 0.15) is 0 Å². The predicted octanol–water partition coefficient (Wildman–Crippen LogP) is 7.19. The molecule has 5 aromatic rings. The van der Waals surface area contributed by atoms with Gasteiger partial charge in [-0.3, -0.25) is 0 Å². The second-order valence-electron chi connectivity index (χ2n) is 7.06. The van der Waals surface area contributed by atoms with E-state index in [1.807, 2.05) is 91.0 Å². The largest absolute Gasteiger partial charge is 0.208 e. The van der Waals surface area contributed by atoms with Crippen molar-refractivity contribution in [2.75, 3.05) is 0 Å². The van der Waals surface area contributed by atoms with Crippen LogP contribution in [0.3, 0.4) is 0 Å². The maximum absolute atomic E-state index is 6.48. The number of hydrogen-bond acceptors (Lipinski definition) is 3. The van der Waals surface area contributed by atoms with Crippen LogP contribution in [0.25, 0.3) is 45.3 Å². The Balaban J connectivity index is 1.75. The van der Waals surface area contributed by atoms with Gasteiger partial charge in [-0.2, -0.15) is 0 Å². The minimum Gasteiger partial charge on any atom is -0.208 e. The number of nitrogens with zero attached hydrogens (tertiary/aromatic N) is 3. The molecule has 0 aliphatic carbocycles. The van der Waals surface area contributed by atoms with Crippen molar-refractivity contribution in [3.63, 3.8) is 0 Å². The molecule has 4 heteroatoms. The van der Waals surface area contributed by atoms with E-state index in [4.69, 9.17) is 26.6 Å². The fourth-order valence-corrected chi connectivity index (χ4v) is 3.74. The number of hydrogen-bond donors (Lipinski definition) is 0. The second kappa shape index (κ2) is 8.50. The third kappa shape index (κ3) is 3.96. The van der Waals surface area contributed by atoms with Crippen LogP contribution in [-0.2, 0) is 0 Å². The Morgan fingerprint density at radius 2 is 0.839 bits per heavy atom. The topological polar surface area (TPSA) is 38.7 Å². The van der Waals surface area contributed by atoms with Gasteiger partial charge < -0.3 is 0 Å². The number of rotatable bonds is 4. The van der Waals surface area contributed by atoms with Crippen molar-refractivity contribution in [3.8, 4) is 45.3 Å². The minimum atomic E-state index is 0.553. The molecule has 3 nitrogen and oxygen atoms in total. The average Bonchev–Trinajstić information content (AvgIpc) is 2.85. The summed E-state index contributed by atoms with van der Waals surface area (Å²) in [5.41, 5.74) is 4.83. The van der Waals surface area contributed by atoms with Crippen LogP contribution in [0, 0.1) is 0 Å². The first kappa shape index (κ1) is 19.2. The predicted molar refractivity (Wildman–Crippen MR) is 127 cm³/mol. The third-order valence-electron chi connectivity index (χ3n) is 5.03. The lowest BCUT2D eigenvalue weighted by atomic mass is 9.99. The Bertz CT molecular complexity index is 1340. The first-order valence-electron chi connectivity index (χ1n) is 10.0. The maximum atomic E-state index is 6.48. The van der Waals surface area contributed by atoms with Gasteiger partial charge in [-0.25, -0.2) is 15.0 Å². The first-order valence-corrected chi connectivity index (χ1v) is 10.4. The van der Waals surface area contributed by atoms with Gasteiger partial charge in [-0.05, 0) is 23.3 Å². The van der Waals surface area contributed by atoms with Crippen molar-refractivity contribution >= 4 is 11.6 Å². The highest BCUT2D eigenvalue weighted by molar-refractivity contribution is 6.33. The van der Waals surface area contributed by atoms with Gasteiger partial charge >= 0.3 is 0 Å². The molecule has 1 heterocycles. The van der Waals surface area contributed by atoms with Crippen LogP contribution in [0.4, 0.5) is 0 Å². The van der Waals surface area contributed by atoms with E-state index in [2.05, 4.69) is 18.2 Å². The summed E-state index contributed by atoms with van der Waals surface area (Å²) in [7, 11) is 0. The molecule has 0 amide bonds. The Morgan fingerprint density at radius 1 is 0.387 bits per heavy atom. The normalized spacial score (nSPS) is 10.7. The second-order valence-corrected chi connectivity index (χ2v) is 7.47. The molecule has 0 fully saturated rings. The van der Waals surface area contributed by atoms with E-state index in [9.17, 15) is 0 Å². The van der Waals surface area contributed by atoms with Gasteiger partial charge in [0, 0.05) is 16.7 Å². The molecule has 0 spiro atoms. The van der Waals surface area contributed by atoms with Crippen molar-refractivity contribution in [3.05, 3.63) is 114 Å². The van der Waals surface area contributed by atoms with Crippen molar-refractivity contribution in [2.24, 2.45) is 0 Å². The van der Waals surface area contributed by atoms with Crippen LogP contribution in [0.2, 0.25) is 5.02 Å². The van der Waals surface area contributed by atoms with E-state index >= 15 is 0 Å². The Kier molecular flexibility index (Phi) is 5.26. The van der Waals surface area contributed by atoms with E-state index in [0.29, 0.717) is 22.5 Å². The zero-order valence-corrected chi connectivity index (χ0v) is 17.4. The molecule has 0 bridgehead atoms. The highest BCUT2D eigenvalue weighted by Gasteiger charge is 2.16. The molecule has 0 aliphatic heterocycles. The summed E-state index contributed by atoms with van der Waals surface area (Å²) < 4.78 is 0. The lowest BCUT2D eigenvalue weighted by molar-refractivity contribution is 1.07. The minimum absolute atomic E-state index is 0.553. The quantitative estimate of drug-likeness (QED) is 0.309. The summed E-state index contributed by atoms with van der Waals surface area (Å²) in [6.45, 7) is 0. The summed E-state index contributed by atoms with van der Waals surface area (Å²) in [6, 6.07) is 36.0. The third-order valence-corrected chi connectivity index (χ3v) is 5.36. The monoisotopic (exact) mass is 419 g/mol. The number of aromatic nitrogens is 3. The van der Waals surface area contributed by atoms with Crippen molar-refractivity contribution in [1.29, 1.82) is 0 Å². The summed E-state index contributed by atoms with van der Waals surface area (Å²) in [5.74, 6) is 1.78. The molecule has 0 aliphatic rings. The summed E-state index contributed by atoms with van der Waals surface area (Å²) in [5, 5.41) is 0.606. The van der Waals surface area contributed by atoms with Gasteiger partial charge in [-0.1, -0.05) is 109 Å². The first-order chi connectivity index (χ1) is 15.3. The van der Waals surface area contributed by atoms with Crippen LogP contribution in [0.5, 0.6) is 0 Å². The van der Waals surface area contributed by atoms with Gasteiger partial charge in [0.15, 0.2) is 17.5 Å². The van der Waals surface area contributed by atoms with E-state index in [-0.39, 0.29) is 0 Å². The molecule has 0 N–H and O–H groups in total. The fourth-order valence-electron chi connectivity index (χ4n) is 3.52. The van der Waals surface area contributed by atoms with E-state index < -0.39 is 0 Å². The lowest BCUT2D eigenvalue weighted by Crippen LogP contribution is -2.01. The molecule has 5 rings (SSSR count). The highest BCUT2D eigenvalue weighted by atomic mass is 35.5. The van der Waals surface area contributed by atoms with Crippen molar-refractivity contribution < 1.29 is 0 Å². The van der Waals surface area contributed by atoms with Crippen LogP contribution < -0.4 is 0 Å².